The lowest BCUT2D eigenvalue weighted by molar-refractivity contribution is -0.379. The summed E-state index contributed by atoms with van der Waals surface area (Å²) in [5.41, 5.74) is 0.889. The summed E-state index contributed by atoms with van der Waals surface area (Å²) < 4.78 is 59.7. The van der Waals surface area contributed by atoms with Crippen LogP contribution in [-0.4, -0.2) is 22.3 Å². The highest BCUT2D eigenvalue weighted by atomic mass is 35.5. The number of para-hydroxylation sites is 1. The van der Waals surface area contributed by atoms with Gasteiger partial charge in [0, 0.05) is 38.7 Å². The number of nitroso groups, excluding NO2 is 1. The van der Waals surface area contributed by atoms with Crippen molar-refractivity contribution in [3.63, 3.8) is 0 Å². The monoisotopic (exact) mass is 508 g/mol. The number of furan rings is 1. The van der Waals surface area contributed by atoms with Crippen molar-refractivity contribution in [2.75, 3.05) is 4.72 Å². The molecular weight excluding hydrogens is 492 g/mol. The maximum atomic E-state index is 13.1. The van der Waals surface area contributed by atoms with Crippen LogP contribution in [0.3, 0.4) is 0 Å². The van der Waals surface area contributed by atoms with Crippen LogP contribution in [0.1, 0.15) is 5.56 Å². The second-order valence-corrected chi connectivity index (χ2v) is 10.9. The fourth-order valence-corrected chi connectivity index (χ4v) is 5.89. The van der Waals surface area contributed by atoms with Gasteiger partial charge in [0.25, 0.3) is 15.7 Å². The van der Waals surface area contributed by atoms with E-state index in [2.05, 4.69) is 4.72 Å². The molecule has 33 heavy (non-hydrogen) atoms. The molecule has 3 N–H and O–H groups in total. The fourth-order valence-electron chi connectivity index (χ4n) is 3.10. The molecule has 0 saturated carbocycles. The summed E-state index contributed by atoms with van der Waals surface area (Å²) in [6, 6.07) is 17.8. The maximum Gasteiger partial charge on any atom is 0.295 e. The van der Waals surface area contributed by atoms with Crippen LogP contribution >= 0.6 is 11.6 Å². The molecule has 0 aliphatic rings. The summed E-state index contributed by atoms with van der Waals surface area (Å²) in [6.07, 6.45) is 0. The summed E-state index contributed by atoms with van der Waals surface area (Å²) in [6.45, 7) is 0. The number of hydrogen-bond donors (Lipinski definition) is 2. The Balaban J connectivity index is 0.00000306. The van der Waals surface area contributed by atoms with Crippen LogP contribution in [-0.2, 0) is 25.6 Å². The van der Waals surface area contributed by atoms with E-state index < -0.39 is 25.6 Å². The van der Waals surface area contributed by atoms with E-state index in [0.29, 0.717) is 16.5 Å². The van der Waals surface area contributed by atoms with E-state index in [0.717, 1.165) is 0 Å². The minimum Gasteiger partial charge on any atom is -0.870 e. The molecule has 4 rings (SSSR count). The number of benzene rings is 3. The van der Waals surface area contributed by atoms with E-state index in [1.807, 2.05) is 0 Å². The highest BCUT2D eigenvalue weighted by Crippen LogP contribution is 2.31. The molecule has 12 heteroatoms. The first-order valence-electron chi connectivity index (χ1n) is 9.19. The molecule has 0 atom stereocenters. The molecule has 0 radical (unpaired) electrons. The van der Waals surface area contributed by atoms with Gasteiger partial charge in [0.05, 0.1) is 16.3 Å². The first kappa shape index (κ1) is 24.4. The predicted molar refractivity (Wildman–Crippen MR) is 122 cm³/mol. The molecule has 172 valence electrons. The Labute approximate surface area is 194 Å². The Bertz CT molecular complexity index is 1500. The van der Waals surface area contributed by atoms with Gasteiger partial charge in [-0.25, -0.2) is 8.42 Å². The summed E-state index contributed by atoms with van der Waals surface area (Å²) in [7, 11) is -8.21. The lowest BCUT2D eigenvalue weighted by atomic mass is 10.2. The molecule has 0 fully saturated rings. The Morgan fingerprint density at radius 3 is 2.27 bits per heavy atom. The van der Waals surface area contributed by atoms with Crippen molar-refractivity contribution in [1.29, 1.82) is 0 Å². The molecule has 0 bridgehead atoms. The zero-order valence-electron chi connectivity index (χ0n) is 16.7. The molecule has 0 unspecified atom stereocenters. The van der Waals surface area contributed by atoms with Gasteiger partial charge in [-0.3, -0.25) is 4.72 Å². The summed E-state index contributed by atoms with van der Waals surface area (Å²) >= 11 is 6.01. The Hall–Kier alpha value is -3.25. The van der Waals surface area contributed by atoms with Crippen LogP contribution in [0, 0.1) is 4.91 Å². The van der Waals surface area contributed by atoms with E-state index in [4.69, 9.17) is 16.0 Å². The third kappa shape index (κ3) is 5.22. The number of fused-ring (bicyclic) bond motifs is 1. The lowest BCUT2D eigenvalue weighted by Gasteiger charge is -2.13. The van der Waals surface area contributed by atoms with E-state index in [9.17, 15) is 21.7 Å². The van der Waals surface area contributed by atoms with E-state index >= 15 is 0 Å². The average Bonchev–Trinajstić information content (AvgIpc) is 3.19. The molecule has 9 nitrogen and oxygen atoms in total. The van der Waals surface area contributed by atoms with Crippen molar-refractivity contribution in [3.05, 3.63) is 88.3 Å². The molecule has 1 aromatic heterocycles. The molecule has 0 saturated heterocycles. The van der Waals surface area contributed by atoms with Crippen molar-refractivity contribution in [2.45, 2.75) is 15.7 Å². The summed E-state index contributed by atoms with van der Waals surface area (Å²) in [5.74, 6) is -0.410. The second kappa shape index (κ2) is 9.32. The highest BCUT2D eigenvalue weighted by Gasteiger charge is 2.26. The van der Waals surface area contributed by atoms with E-state index in [-0.39, 0.29) is 31.9 Å². The van der Waals surface area contributed by atoms with Crippen LogP contribution in [0.2, 0.25) is 5.02 Å². The SMILES string of the molecule is O=[NH+]c1ccc(CS(=O)(=O)c2ccc(Cl)cc2NS(=O)(=O)c2cc3ccccc3o2)cc1.[OH-]. The number of nitrogens with one attached hydrogen (secondary N) is 2. The quantitative estimate of drug-likeness (QED) is 0.388. The zero-order valence-corrected chi connectivity index (χ0v) is 19.1. The molecule has 0 aliphatic heterocycles. The molecular formula is C21H17ClN2O7S2. The van der Waals surface area contributed by atoms with Gasteiger partial charge >= 0.3 is 0 Å². The normalized spacial score (nSPS) is 11.7. The van der Waals surface area contributed by atoms with Gasteiger partial charge in [-0.1, -0.05) is 41.9 Å². The van der Waals surface area contributed by atoms with Crippen molar-refractivity contribution in [3.8, 4) is 0 Å². The highest BCUT2D eigenvalue weighted by molar-refractivity contribution is 7.93. The average molecular weight is 509 g/mol. The van der Waals surface area contributed by atoms with Gasteiger partial charge < -0.3 is 9.89 Å². The fraction of sp³-hybridized carbons (Fsp3) is 0.0476. The largest absolute Gasteiger partial charge is 0.870 e. The number of sulfonamides is 1. The molecule has 4 aromatic rings. The van der Waals surface area contributed by atoms with Crippen LogP contribution in [0.15, 0.2) is 87.2 Å². The number of halogens is 1. The third-order valence-electron chi connectivity index (χ3n) is 4.62. The van der Waals surface area contributed by atoms with E-state index in [1.165, 1.54) is 48.5 Å². The molecule has 0 spiro atoms. The van der Waals surface area contributed by atoms with Gasteiger partial charge in [-0.2, -0.15) is 8.42 Å². The van der Waals surface area contributed by atoms with Crippen molar-refractivity contribution >= 4 is 53.8 Å². The van der Waals surface area contributed by atoms with Crippen LogP contribution < -0.4 is 9.90 Å². The predicted octanol–water partition coefficient (Wildman–Crippen LogP) is 3.16. The van der Waals surface area contributed by atoms with Gasteiger partial charge in [0.1, 0.15) is 5.58 Å². The molecule has 0 amide bonds. The molecule has 3 aromatic carbocycles. The van der Waals surface area contributed by atoms with Gasteiger partial charge in [0.15, 0.2) is 9.84 Å². The van der Waals surface area contributed by atoms with Gasteiger partial charge in [0.2, 0.25) is 5.09 Å². The first-order valence-corrected chi connectivity index (χ1v) is 12.7. The zero-order chi connectivity index (χ0) is 22.9. The lowest BCUT2D eigenvalue weighted by Crippen LogP contribution is -2.55. The molecule has 1 heterocycles. The van der Waals surface area contributed by atoms with Gasteiger partial charge in [-0.05, 0) is 29.8 Å². The Morgan fingerprint density at radius 1 is 0.909 bits per heavy atom. The standard InChI is InChI=1S/C21H15ClN2O6S2.H2O/c22-16-7-10-20(31(26,27)13-14-5-8-17(23-25)9-6-14)18(12-16)24-32(28,29)21-11-15-3-1-2-4-19(15)30-21;/h1-12,24H,13H2;1H2. The topological polar surface area (TPSA) is 154 Å². The van der Waals surface area contributed by atoms with Crippen molar-refractivity contribution < 1.29 is 31.9 Å². The second-order valence-electron chi connectivity index (χ2n) is 6.91. The van der Waals surface area contributed by atoms with Crippen LogP contribution in [0.25, 0.3) is 11.0 Å². The molecule has 0 aliphatic carbocycles. The Morgan fingerprint density at radius 2 is 1.61 bits per heavy atom. The minimum absolute atomic E-state index is 0. The van der Waals surface area contributed by atoms with Crippen molar-refractivity contribution in [1.82, 2.24) is 0 Å². The van der Waals surface area contributed by atoms with E-state index in [1.54, 1.807) is 29.4 Å². The van der Waals surface area contributed by atoms with Crippen molar-refractivity contribution in [2.24, 2.45) is 0 Å². The minimum atomic E-state index is -4.24. The third-order valence-corrected chi connectivity index (χ3v) is 7.81. The Kier molecular flexibility index (Phi) is 6.89. The summed E-state index contributed by atoms with van der Waals surface area (Å²) in [5, 5.41) is 2.09. The number of rotatable bonds is 7. The number of sulfone groups is 1. The number of anilines is 1. The summed E-state index contributed by atoms with van der Waals surface area (Å²) in [4.78, 5) is 10.4. The number of hydrogen-bond acceptors (Lipinski definition) is 7. The van der Waals surface area contributed by atoms with Crippen LogP contribution in [0.5, 0.6) is 0 Å². The maximum absolute atomic E-state index is 13.1. The smallest absolute Gasteiger partial charge is 0.295 e. The first-order chi connectivity index (χ1) is 15.2. The van der Waals surface area contributed by atoms with Gasteiger partial charge in [-0.15, -0.1) is 0 Å². The van der Waals surface area contributed by atoms with Crippen LogP contribution in [0.4, 0.5) is 11.4 Å².